The van der Waals surface area contributed by atoms with Crippen molar-refractivity contribution in [1.29, 1.82) is 0 Å². The van der Waals surface area contributed by atoms with Gasteiger partial charge in [0, 0.05) is 18.5 Å². The van der Waals surface area contributed by atoms with Crippen molar-refractivity contribution >= 4 is 17.5 Å². The molecule has 0 radical (unpaired) electrons. The van der Waals surface area contributed by atoms with Crippen LogP contribution in [0.25, 0.3) is 11.1 Å². The van der Waals surface area contributed by atoms with Gasteiger partial charge in [-0.15, -0.1) is 0 Å². The number of carbonyl (C=O) groups excluding carboxylic acids is 2. The Morgan fingerprint density at radius 2 is 1.46 bits per heavy atom. The number of hydrogen-bond acceptors (Lipinski definition) is 3. The fraction of sp³-hybridized carbons (Fsp3) is 0.263. The number of benzene rings is 2. The molecule has 5 nitrogen and oxygen atoms in total. The quantitative estimate of drug-likeness (QED) is 0.393. The maximum Gasteiger partial charge on any atom is 0.243 e. The van der Waals surface area contributed by atoms with Crippen LogP contribution in [0.3, 0.4) is 0 Å². The molecule has 0 atom stereocenters. The monoisotopic (exact) mass is 326 g/mol. The number of carbonyl (C=O) groups is 2. The topological polar surface area (TPSA) is 78.4 Å². The summed E-state index contributed by atoms with van der Waals surface area (Å²) >= 11 is 0. The number of amides is 2. The third kappa shape index (κ3) is 5.85. The Balaban J connectivity index is 1.79. The Kier molecular flexibility index (Phi) is 6.98. The van der Waals surface area contributed by atoms with Crippen LogP contribution in [-0.4, -0.2) is 17.0 Å². The number of hydroxylamine groups is 1. The van der Waals surface area contributed by atoms with Crippen LogP contribution in [0, 0.1) is 0 Å². The van der Waals surface area contributed by atoms with Crippen molar-refractivity contribution in [3.8, 4) is 11.1 Å². The van der Waals surface area contributed by atoms with Crippen LogP contribution in [0.1, 0.15) is 32.1 Å². The molecule has 5 heteroatoms. The van der Waals surface area contributed by atoms with Crippen LogP contribution < -0.4 is 10.8 Å². The zero-order valence-corrected chi connectivity index (χ0v) is 13.5. The van der Waals surface area contributed by atoms with E-state index in [1.807, 2.05) is 54.6 Å². The highest BCUT2D eigenvalue weighted by atomic mass is 16.5. The largest absolute Gasteiger partial charge is 0.326 e. The summed E-state index contributed by atoms with van der Waals surface area (Å²) in [5, 5.41) is 11.3. The Morgan fingerprint density at radius 3 is 2.17 bits per heavy atom. The van der Waals surface area contributed by atoms with Crippen LogP contribution in [-0.2, 0) is 9.59 Å². The van der Waals surface area contributed by atoms with E-state index >= 15 is 0 Å². The average Bonchev–Trinajstić information content (AvgIpc) is 2.62. The molecular formula is C19H22N2O3. The van der Waals surface area contributed by atoms with Gasteiger partial charge in [-0.3, -0.25) is 14.8 Å². The van der Waals surface area contributed by atoms with Crippen molar-refractivity contribution in [1.82, 2.24) is 5.48 Å². The zero-order valence-electron chi connectivity index (χ0n) is 13.5. The summed E-state index contributed by atoms with van der Waals surface area (Å²) in [6.07, 6.45) is 2.82. The molecule has 0 fully saturated rings. The van der Waals surface area contributed by atoms with Crippen molar-refractivity contribution in [2.45, 2.75) is 32.1 Å². The van der Waals surface area contributed by atoms with Crippen molar-refractivity contribution < 1.29 is 14.8 Å². The molecule has 0 bridgehead atoms. The van der Waals surface area contributed by atoms with Gasteiger partial charge in [0.25, 0.3) is 0 Å². The van der Waals surface area contributed by atoms with Crippen LogP contribution >= 0.6 is 0 Å². The lowest BCUT2D eigenvalue weighted by Gasteiger charge is -2.08. The lowest BCUT2D eigenvalue weighted by Crippen LogP contribution is -2.17. The number of anilines is 1. The third-order valence-electron chi connectivity index (χ3n) is 3.69. The zero-order chi connectivity index (χ0) is 17.2. The van der Waals surface area contributed by atoms with Gasteiger partial charge in [0.1, 0.15) is 0 Å². The highest BCUT2D eigenvalue weighted by Crippen LogP contribution is 2.22. The first kappa shape index (κ1) is 17.7. The van der Waals surface area contributed by atoms with Crippen molar-refractivity contribution in [2.24, 2.45) is 0 Å². The predicted octanol–water partition coefficient (Wildman–Crippen LogP) is 3.75. The molecule has 2 aromatic carbocycles. The molecule has 2 amide bonds. The molecule has 0 heterocycles. The number of nitrogens with one attached hydrogen (secondary N) is 2. The Hall–Kier alpha value is -2.66. The lowest BCUT2D eigenvalue weighted by molar-refractivity contribution is -0.129. The van der Waals surface area contributed by atoms with E-state index < -0.39 is 5.91 Å². The fourth-order valence-electron chi connectivity index (χ4n) is 2.43. The molecule has 0 spiro atoms. The van der Waals surface area contributed by atoms with Gasteiger partial charge >= 0.3 is 0 Å². The van der Waals surface area contributed by atoms with Gasteiger partial charge in [0.15, 0.2) is 0 Å². The predicted molar refractivity (Wildman–Crippen MR) is 93.5 cm³/mol. The molecule has 126 valence electrons. The first-order valence-corrected chi connectivity index (χ1v) is 8.07. The standard InChI is InChI=1S/C19H22N2O3/c22-18(12-5-2-6-13-19(23)21-24)20-17-11-7-10-16(14-17)15-8-3-1-4-9-15/h1,3-4,7-11,14,24H,2,5-6,12-13H2,(H,20,22)(H,21,23). The third-order valence-corrected chi connectivity index (χ3v) is 3.69. The normalized spacial score (nSPS) is 10.2. The number of unbranched alkanes of at least 4 members (excludes halogenated alkanes) is 2. The smallest absolute Gasteiger partial charge is 0.243 e. The Labute approximate surface area is 141 Å². The van der Waals surface area contributed by atoms with Crippen LogP contribution in [0.15, 0.2) is 54.6 Å². The van der Waals surface area contributed by atoms with Gasteiger partial charge in [-0.1, -0.05) is 48.9 Å². The van der Waals surface area contributed by atoms with Gasteiger partial charge in [0.2, 0.25) is 11.8 Å². The highest BCUT2D eigenvalue weighted by molar-refractivity contribution is 5.91. The van der Waals surface area contributed by atoms with Crippen LogP contribution in [0.4, 0.5) is 5.69 Å². The van der Waals surface area contributed by atoms with E-state index in [1.165, 1.54) is 0 Å². The molecule has 2 aromatic rings. The molecule has 0 aliphatic carbocycles. The molecule has 0 saturated heterocycles. The van der Waals surface area contributed by atoms with E-state index in [0.717, 1.165) is 23.2 Å². The SMILES string of the molecule is O=C(CCCCCC(=O)Nc1cccc(-c2ccccc2)c1)NO. The second kappa shape index (κ2) is 9.47. The molecule has 24 heavy (non-hydrogen) atoms. The summed E-state index contributed by atoms with van der Waals surface area (Å²) in [6, 6.07) is 17.8. The van der Waals surface area contributed by atoms with Gasteiger partial charge < -0.3 is 5.32 Å². The van der Waals surface area contributed by atoms with Gasteiger partial charge in [0.05, 0.1) is 0 Å². The summed E-state index contributed by atoms with van der Waals surface area (Å²) in [6.45, 7) is 0. The van der Waals surface area contributed by atoms with E-state index in [4.69, 9.17) is 5.21 Å². The van der Waals surface area contributed by atoms with Gasteiger partial charge in [-0.25, -0.2) is 5.48 Å². The molecule has 0 aromatic heterocycles. The maximum absolute atomic E-state index is 12.0. The average molecular weight is 326 g/mol. The molecule has 0 unspecified atom stereocenters. The molecule has 0 aliphatic rings. The minimum absolute atomic E-state index is 0.0354. The Bertz CT molecular complexity index is 671. The van der Waals surface area contributed by atoms with E-state index in [1.54, 1.807) is 5.48 Å². The summed E-state index contributed by atoms with van der Waals surface area (Å²) in [7, 11) is 0. The second-order valence-electron chi connectivity index (χ2n) is 5.59. The minimum atomic E-state index is -0.392. The van der Waals surface area contributed by atoms with Crippen molar-refractivity contribution in [2.75, 3.05) is 5.32 Å². The first-order valence-electron chi connectivity index (χ1n) is 8.07. The van der Waals surface area contributed by atoms with E-state index in [0.29, 0.717) is 19.3 Å². The van der Waals surface area contributed by atoms with Gasteiger partial charge in [-0.2, -0.15) is 0 Å². The molecule has 0 aliphatic heterocycles. The van der Waals surface area contributed by atoms with Gasteiger partial charge in [-0.05, 0) is 36.1 Å². The van der Waals surface area contributed by atoms with Crippen molar-refractivity contribution in [3.05, 3.63) is 54.6 Å². The Morgan fingerprint density at radius 1 is 0.792 bits per heavy atom. The lowest BCUT2D eigenvalue weighted by atomic mass is 10.1. The fourth-order valence-corrected chi connectivity index (χ4v) is 2.43. The number of rotatable bonds is 8. The summed E-state index contributed by atoms with van der Waals surface area (Å²) in [5.41, 5.74) is 4.54. The van der Waals surface area contributed by atoms with Crippen LogP contribution in [0.5, 0.6) is 0 Å². The summed E-state index contributed by atoms with van der Waals surface area (Å²) < 4.78 is 0. The molecule has 2 rings (SSSR count). The maximum atomic E-state index is 12.0. The second-order valence-corrected chi connectivity index (χ2v) is 5.59. The summed E-state index contributed by atoms with van der Waals surface area (Å²) in [4.78, 5) is 22.8. The van der Waals surface area contributed by atoms with E-state index in [-0.39, 0.29) is 12.3 Å². The van der Waals surface area contributed by atoms with E-state index in [2.05, 4.69) is 5.32 Å². The molecule has 3 N–H and O–H groups in total. The van der Waals surface area contributed by atoms with E-state index in [9.17, 15) is 9.59 Å². The van der Waals surface area contributed by atoms with Crippen LogP contribution in [0.2, 0.25) is 0 Å². The van der Waals surface area contributed by atoms with Crippen molar-refractivity contribution in [3.63, 3.8) is 0 Å². The first-order chi connectivity index (χ1) is 11.7. The highest BCUT2D eigenvalue weighted by Gasteiger charge is 2.05. The summed E-state index contributed by atoms with van der Waals surface area (Å²) in [5.74, 6) is -0.427. The molecular weight excluding hydrogens is 304 g/mol. The minimum Gasteiger partial charge on any atom is -0.326 e. The molecule has 0 saturated carbocycles. The number of hydrogen-bond donors (Lipinski definition) is 3.